The highest BCUT2D eigenvalue weighted by Gasteiger charge is 2.45. The quantitative estimate of drug-likeness (QED) is 0.272. The highest BCUT2D eigenvalue weighted by Crippen LogP contribution is 2.43. The van der Waals surface area contributed by atoms with E-state index in [0.717, 1.165) is 25.9 Å². The van der Waals surface area contributed by atoms with Gasteiger partial charge in [-0.3, -0.25) is 0 Å². The highest BCUT2D eigenvalue weighted by atomic mass is 35.5. The molecule has 37 heavy (non-hydrogen) atoms. The second kappa shape index (κ2) is 10.3. The number of rotatable bonds is 6. The Kier molecular flexibility index (Phi) is 7.69. The van der Waals surface area contributed by atoms with E-state index < -0.39 is 56.1 Å². The molecule has 2 amide bonds. The number of sulfone groups is 1. The van der Waals surface area contributed by atoms with Gasteiger partial charge in [0.15, 0.2) is 15.6 Å². The van der Waals surface area contributed by atoms with E-state index in [0.29, 0.717) is 18.4 Å². The molecular formula is C23H27ClF3N3O6S. The summed E-state index contributed by atoms with van der Waals surface area (Å²) in [4.78, 5) is 25.4. The molecule has 1 aromatic rings. The smallest absolute Gasteiger partial charge is 0.490 e. The minimum absolute atomic E-state index is 0.118. The first-order chi connectivity index (χ1) is 17.3. The van der Waals surface area contributed by atoms with Gasteiger partial charge in [-0.25, -0.2) is 18.0 Å². The normalized spacial score (nSPS) is 26.4. The molecule has 4 rings (SSSR count). The number of hydrogen-bond donors (Lipinski definition) is 3. The topological polar surface area (TPSA) is 125 Å². The van der Waals surface area contributed by atoms with Gasteiger partial charge in [-0.15, -0.1) is 0 Å². The number of anilines is 1. The number of halogens is 4. The Bertz CT molecular complexity index is 1210. The first-order valence-corrected chi connectivity index (χ1v) is 13.7. The van der Waals surface area contributed by atoms with Crippen LogP contribution in [0.15, 0.2) is 28.7 Å². The van der Waals surface area contributed by atoms with Crippen LogP contribution in [0.25, 0.3) is 0 Å². The van der Waals surface area contributed by atoms with Gasteiger partial charge >= 0.3 is 18.2 Å². The van der Waals surface area contributed by atoms with E-state index in [-0.39, 0.29) is 23.2 Å². The Morgan fingerprint density at radius 2 is 1.81 bits per heavy atom. The number of amides is 2. The minimum atomic E-state index is -5.14. The number of ether oxygens (including phenoxy) is 1. The van der Waals surface area contributed by atoms with E-state index in [1.54, 1.807) is 6.92 Å². The van der Waals surface area contributed by atoms with Crippen LogP contribution in [-0.2, 0) is 19.4 Å². The van der Waals surface area contributed by atoms with Crippen molar-refractivity contribution < 1.29 is 41.0 Å². The summed E-state index contributed by atoms with van der Waals surface area (Å²) in [5, 5.41) is 14.7. The number of alkyl halides is 3. The van der Waals surface area contributed by atoms with Crippen molar-refractivity contribution in [2.75, 3.05) is 18.4 Å². The van der Waals surface area contributed by atoms with E-state index in [4.69, 9.17) is 11.6 Å². The van der Waals surface area contributed by atoms with Gasteiger partial charge in [0.05, 0.1) is 22.0 Å². The molecular weight excluding hydrogens is 539 g/mol. The lowest BCUT2D eigenvalue weighted by Gasteiger charge is -2.40. The first kappa shape index (κ1) is 27.5. The van der Waals surface area contributed by atoms with E-state index in [1.165, 1.54) is 18.2 Å². The van der Waals surface area contributed by atoms with Crippen molar-refractivity contribution in [3.63, 3.8) is 0 Å². The second-order valence-corrected chi connectivity index (χ2v) is 12.1. The summed E-state index contributed by atoms with van der Waals surface area (Å²) in [6, 6.07) is 1.08. The maximum absolute atomic E-state index is 13.3. The number of phenols is 1. The van der Waals surface area contributed by atoms with Crippen molar-refractivity contribution in [3.05, 3.63) is 28.8 Å². The third kappa shape index (κ3) is 5.83. The zero-order valence-corrected chi connectivity index (χ0v) is 21.4. The Morgan fingerprint density at radius 3 is 2.43 bits per heavy atom. The van der Waals surface area contributed by atoms with Crippen LogP contribution < -0.4 is 10.6 Å². The molecule has 204 valence electrons. The summed E-state index contributed by atoms with van der Waals surface area (Å²) >= 11 is 6.15. The van der Waals surface area contributed by atoms with E-state index in [9.17, 15) is 36.3 Å². The van der Waals surface area contributed by atoms with Crippen LogP contribution in [0, 0.1) is 0 Å². The van der Waals surface area contributed by atoms with Gasteiger partial charge in [0.2, 0.25) is 0 Å². The van der Waals surface area contributed by atoms with Crippen molar-refractivity contribution in [2.45, 2.75) is 73.5 Å². The van der Waals surface area contributed by atoms with Gasteiger partial charge in [-0.2, -0.15) is 13.2 Å². The van der Waals surface area contributed by atoms with Gasteiger partial charge in [0.1, 0.15) is 11.0 Å². The average molecular weight is 566 g/mol. The van der Waals surface area contributed by atoms with Gasteiger partial charge < -0.3 is 25.4 Å². The molecule has 1 saturated carbocycles. The number of benzene rings is 1. The Balaban J connectivity index is 1.40. The van der Waals surface area contributed by atoms with Crippen molar-refractivity contribution >= 4 is 39.1 Å². The molecule has 2 aliphatic carbocycles. The van der Waals surface area contributed by atoms with Crippen LogP contribution in [-0.4, -0.2) is 73.1 Å². The summed E-state index contributed by atoms with van der Waals surface area (Å²) in [7, 11) is -3.98. The summed E-state index contributed by atoms with van der Waals surface area (Å²) in [5.41, 5.74) is 0.270. The highest BCUT2D eigenvalue weighted by molar-refractivity contribution is 7.92. The van der Waals surface area contributed by atoms with Crippen molar-refractivity contribution in [1.82, 2.24) is 10.2 Å². The molecule has 0 bridgehead atoms. The number of carbonyl (C=O) groups excluding carboxylic acids is 2. The van der Waals surface area contributed by atoms with E-state index in [2.05, 4.69) is 20.3 Å². The number of esters is 1. The molecule has 1 aliphatic heterocycles. The number of likely N-dealkylation sites (tertiary alicyclic amines) is 1. The molecule has 0 radical (unpaired) electrons. The molecule has 2 fully saturated rings. The summed E-state index contributed by atoms with van der Waals surface area (Å²) in [6.07, 6.45) is -2.08. The monoisotopic (exact) mass is 565 g/mol. The molecule has 14 heteroatoms. The minimum Gasteiger partial charge on any atom is -0.504 e. The SMILES string of the molecule is CC1=CC(OC(=O)C(F)(F)F)C[C@H]1NC(=O)Nc1ccc(Cl)c(S(=O)(=O)[C@H]2C[C@H](N3CCCC3)C2)c1O. The summed E-state index contributed by atoms with van der Waals surface area (Å²) in [6.45, 7) is 3.43. The van der Waals surface area contributed by atoms with Crippen molar-refractivity contribution in [1.29, 1.82) is 0 Å². The molecule has 0 spiro atoms. The molecule has 1 saturated heterocycles. The Morgan fingerprint density at radius 1 is 1.16 bits per heavy atom. The fourth-order valence-corrected chi connectivity index (χ4v) is 7.43. The zero-order chi connectivity index (χ0) is 27.1. The van der Waals surface area contributed by atoms with Gasteiger partial charge in [0.25, 0.3) is 0 Å². The van der Waals surface area contributed by atoms with Crippen LogP contribution in [0.1, 0.15) is 39.0 Å². The number of nitrogens with one attached hydrogen (secondary N) is 2. The molecule has 3 N–H and O–H groups in total. The van der Waals surface area contributed by atoms with Crippen LogP contribution in [0.3, 0.4) is 0 Å². The lowest BCUT2D eigenvalue weighted by atomic mass is 9.91. The predicted molar refractivity (Wildman–Crippen MR) is 128 cm³/mol. The molecule has 3 aliphatic rings. The van der Waals surface area contributed by atoms with Crippen molar-refractivity contribution in [2.24, 2.45) is 0 Å². The van der Waals surface area contributed by atoms with Gasteiger partial charge in [-0.1, -0.05) is 17.2 Å². The van der Waals surface area contributed by atoms with Gasteiger partial charge in [-0.05, 0) is 63.9 Å². The number of phenolic OH excluding ortho intramolecular Hbond substituents is 1. The van der Waals surface area contributed by atoms with Gasteiger partial charge in [0, 0.05) is 12.5 Å². The van der Waals surface area contributed by atoms with E-state index in [1.807, 2.05) is 0 Å². The lowest BCUT2D eigenvalue weighted by Crippen LogP contribution is -2.48. The third-order valence-corrected chi connectivity index (χ3v) is 9.72. The standard InChI is InChI=1S/C23H27ClF3N3O6S/c1-12-8-14(36-21(32)23(25,26)27)11-18(12)29-22(33)28-17-5-4-16(24)20(19(17)31)37(34,35)15-9-13(10-15)30-6-2-3-7-30/h4-5,8,13-15,18,31H,2-3,6-7,9-11H2,1H3,(H2,28,29,33)/t13-,14?,15-,18-/m1/s1. The molecule has 9 nitrogen and oxygen atoms in total. The summed E-state index contributed by atoms with van der Waals surface area (Å²) < 4.78 is 68.2. The second-order valence-electron chi connectivity index (χ2n) is 9.55. The number of carbonyl (C=O) groups is 2. The van der Waals surface area contributed by atoms with Crippen molar-refractivity contribution in [3.8, 4) is 5.75 Å². The molecule has 0 aromatic heterocycles. The average Bonchev–Trinajstić information content (AvgIpc) is 3.38. The van der Waals surface area contributed by atoms with Crippen LogP contribution in [0.4, 0.5) is 23.7 Å². The fraction of sp³-hybridized carbons (Fsp3) is 0.565. The van der Waals surface area contributed by atoms with E-state index >= 15 is 0 Å². The van der Waals surface area contributed by atoms with Crippen LogP contribution in [0.5, 0.6) is 5.75 Å². The largest absolute Gasteiger partial charge is 0.504 e. The summed E-state index contributed by atoms with van der Waals surface area (Å²) in [5.74, 6) is -3.02. The number of aromatic hydroxyl groups is 1. The third-order valence-electron chi connectivity index (χ3n) is 7.04. The lowest BCUT2D eigenvalue weighted by molar-refractivity contribution is -0.202. The first-order valence-electron chi connectivity index (χ1n) is 11.8. The molecule has 1 unspecified atom stereocenters. The molecule has 1 aromatic carbocycles. The number of urea groups is 1. The zero-order valence-electron chi connectivity index (χ0n) is 19.8. The number of nitrogens with zero attached hydrogens (tertiary/aromatic N) is 1. The predicted octanol–water partition coefficient (Wildman–Crippen LogP) is 3.76. The Labute approximate surface area is 216 Å². The maximum Gasteiger partial charge on any atom is 0.490 e. The number of hydrogen-bond acceptors (Lipinski definition) is 7. The molecule has 2 atom stereocenters. The maximum atomic E-state index is 13.3. The van der Waals surface area contributed by atoms with Crippen LogP contribution in [0.2, 0.25) is 5.02 Å². The fourth-order valence-electron chi connectivity index (χ4n) is 4.95. The van der Waals surface area contributed by atoms with Crippen LogP contribution >= 0.6 is 11.6 Å². The molecule has 1 heterocycles. The Hall–Kier alpha value is -2.51.